The predicted octanol–water partition coefficient (Wildman–Crippen LogP) is 0.199. The molecule has 0 fully saturated rings. The van der Waals surface area contributed by atoms with Crippen LogP contribution in [0, 0.1) is 0 Å². The molecule has 3 N–H and O–H groups in total. The molecule has 0 spiro atoms. The third-order valence-electron chi connectivity index (χ3n) is 2.16. The minimum atomic E-state index is -1.14. The van der Waals surface area contributed by atoms with E-state index in [-0.39, 0.29) is 18.9 Å². The molecule has 0 bridgehead atoms. The molecule has 0 aliphatic heterocycles. The van der Waals surface area contributed by atoms with E-state index >= 15 is 0 Å². The summed E-state index contributed by atoms with van der Waals surface area (Å²) in [6, 6.07) is 6.77. The number of carboxylic acids is 1. The third-order valence-corrected chi connectivity index (χ3v) is 2.41. The van der Waals surface area contributed by atoms with Gasteiger partial charge in [-0.15, -0.1) is 0 Å². The van der Waals surface area contributed by atoms with Gasteiger partial charge in [0.2, 0.25) is 11.8 Å². The fraction of sp³-hybridized carbons (Fsp3) is 0.250. The maximum atomic E-state index is 11.5. The molecular formula is C12H13ClN2O4. The van der Waals surface area contributed by atoms with E-state index in [1.165, 1.54) is 0 Å². The van der Waals surface area contributed by atoms with Crippen molar-refractivity contribution in [1.29, 1.82) is 0 Å². The summed E-state index contributed by atoms with van der Waals surface area (Å²) >= 11 is 5.71. The summed E-state index contributed by atoms with van der Waals surface area (Å²) in [5.74, 6) is -2.01. The molecule has 1 rings (SSSR count). The summed E-state index contributed by atoms with van der Waals surface area (Å²) in [6.07, 6.45) is 0.128. The summed E-state index contributed by atoms with van der Waals surface area (Å²) in [5.41, 5.74) is 0.771. The van der Waals surface area contributed by atoms with Crippen LogP contribution in [0.5, 0.6) is 0 Å². The molecule has 0 saturated heterocycles. The molecule has 0 unspecified atom stereocenters. The second-order valence-electron chi connectivity index (χ2n) is 3.75. The van der Waals surface area contributed by atoms with Crippen molar-refractivity contribution in [2.24, 2.45) is 0 Å². The summed E-state index contributed by atoms with van der Waals surface area (Å²) in [6.45, 7) is -0.717. The first kappa shape index (κ1) is 15.0. The Morgan fingerprint density at radius 2 is 1.58 bits per heavy atom. The summed E-state index contributed by atoms with van der Waals surface area (Å²) in [7, 11) is 0. The highest BCUT2D eigenvalue weighted by Gasteiger charge is 2.07. The van der Waals surface area contributed by atoms with Crippen LogP contribution in [0.25, 0.3) is 0 Å². The number of benzene rings is 1. The maximum absolute atomic E-state index is 11.5. The first-order valence-electron chi connectivity index (χ1n) is 5.47. The minimum Gasteiger partial charge on any atom is -0.480 e. The average molecular weight is 285 g/mol. The first-order chi connectivity index (χ1) is 8.97. The highest BCUT2D eigenvalue weighted by atomic mass is 35.5. The molecule has 1 aromatic rings. The Morgan fingerprint density at radius 1 is 1.00 bits per heavy atom. The lowest BCUT2D eigenvalue weighted by Crippen LogP contribution is -2.39. The predicted molar refractivity (Wildman–Crippen MR) is 68.8 cm³/mol. The van der Waals surface area contributed by atoms with Crippen molar-refractivity contribution < 1.29 is 19.5 Å². The fourth-order valence-electron chi connectivity index (χ4n) is 1.27. The molecule has 0 radical (unpaired) electrons. The molecule has 2 amide bonds. The van der Waals surface area contributed by atoms with Crippen molar-refractivity contribution in [3.8, 4) is 0 Å². The number of rotatable bonds is 6. The monoisotopic (exact) mass is 284 g/mol. The molecule has 0 heterocycles. The van der Waals surface area contributed by atoms with Crippen LogP contribution in [-0.4, -0.2) is 36.0 Å². The van der Waals surface area contributed by atoms with Gasteiger partial charge in [-0.05, 0) is 17.7 Å². The lowest BCUT2D eigenvalue weighted by atomic mass is 10.1. The number of aliphatic carboxylic acids is 1. The molecule has 1 aromatic carbocycles. The smallest absolute Gasteiger partial charge is 0.322 e. The Morgan fingerprint density at radius 3 is 2.16 bits per heavy atom. The number of hydrogen-bond donors (Lipinski definition) is 3. The molecule has 19 heavy (non-hydrogen) atoms. The molecular weight excluding hydrogens is 272 g/mol. The Bertz CT molecular complexity index is 473. The molecule has 0 aliphatic rings. The average Bonchev–Trinajstić information content (AvgIpc) is 2.36. The summed E-state index contributed by atoms with van der Waals surface area (Å²) < 4.78 is 0. The Labute approximate surface area is 114 Å². The van der Waals surface area contributed by atoms with Gasteiger partial charge in [0.05, 0.1) is 13.0 Å². The molecule has 7 heteroatoms. The van der Waals surface area contributed by atoms with E-state index < -0.39 is 18.4 Å². The fourth-order valence-corrected chi connectivity index (χ4v) is 1.39. The van der Waals surface area contributed by atoms with Crippen molar-refractivity contribution in [2.45, 2.75) is 6.42 Å². The van der Waals surface area contributed by atoms with Crippen LogP contribution in [0.3, 0.4) is 0 Å². The molecule has 102 valence electrons. The van der Waals surface area contributed by atoms with Gasteiger partial charge < -0.3 is 15.7 Å². The third kappa shape index (κ3) is 6.42. The van der Waals surface area contributed by atoms with Crippen LogP contribution in [0.15, 0.2) is 24.3 Å². The summed E-state index contributed by atoms with van der Waals surface area (Å²) in [4.78, 5) is 32.8. The topological polar surface area (TPSA) is 95.5 Å². The number of carboxylic acid groups (broad SMARTS) is 1. The van der Waals surface area contributed by atoms with Crippen LogP contribution >= 0.6 is 11.6 Å². The molecule has 0 aromatic heterocycles. The minimum absolute atomic E-state index is 0.128. The van der Waals surface area contributed by atoms with Gasteiger partial charge in [0.15, 0.2) is 0 Å². The number of halogens is 1. The highest BCUT2D eigenvalue weighted by molar-refractivity contribution is 6.30. The van der Waals surface area contributed by atoms with Gasteiger partial charge in [0.25, 0.3) is 0 Å². The Kier molecular flexibility index (Phi) is 5.81. The van der Waals surface area contributed by atoms with Gasteiger partial charge in [-0.25, -0.2) is 0 Å². The zero-order valence-corrected chi connectivity index (χ0v) is 10.7. The van der Waals surface area contributed by atoms with Gasteiger partial charge >= 0.3 is 5.97 Å². The lowest BCUT2D eigenvalue weighted by molar-refractivity contribution is -0.137. The van der Waals surface area contributed by atoms with E-state index in [4.69, 9.17) is 16.7 Å². The number of carbonyl (C=O) groups is 3. The van der Waals surface area contributed by atoms with Gasteiger partial charge in [0.1, 0.15) is 6.54 Å². The van der Waals surface area contributed by atoms with Crippen molar-refractivity contribution >= 4 is 29.4 Å². The molecule has 0 saturated carbocycles. The summed E-state index contributed by atoms with van der Waals surface area (Å²) in [5, 5.41) is 13.5. The molecule has 0 atom stereocenters. The standard InChI is InChI=1S/C12H13ClN2O4/c13-9-3-1-8(2-4-9)5-10(16)14-6-11(17)15-7-12(18)19/h1-4H,5-7H2,(H,14,16)(H,15,17)(H,18,19). The second kappa shape index (κ2) is 7.38. The largest absolute Gasteiger partial charge is 0.480 e. The van der Waals surface area contributed by atoms with Crippen molar-refractivity contribution in [1.82, 2.24) is 10.6 Å². The SMILES string of the molecule is O=C(O)CNC(=O)CNC(=O)Cc1ccc(Cl)cc1. The highest BCUT2D eigenvalue weighted by Crippen LogP contribution is 2.09. The van der Waals surface area contributed by atoms with Gasteiger partial charge in [-0.3, -0.25) is 14.4 Å². The van der Waals surface area contributed by atoms with Crippen molar-refractivity contribution in [3.05, 3.63) is 34.9 Å². The maximum Gasteiger partial charge on any atom is 0.322 e. The van der Waals surface area contributed by atoms with Crippen LogP contribution in [0.4, 0.5) is 0 Å². The first-order valence-corrected chi connectivity index (χ1v) is 5.85. The zero-order chi connectivity index (χ0) is 14.3. The Hall–Kier alpha value is -2.08. The van der Waals surface area contributed by atoms with E-state index in [9.17, 15) is 14.4 Å². The number of amides is 2. The van der Waals surface area contributed by atoms with Crippen LogP contribution in [-0.2, 0) is 20.8 Å². The van der Waals surface area contributed by atoms with Gasteiger partial charge in [-0.1, -0.05) is 23.7 Å². The zero-order valence-electron chi connectivity index (χ0n) is 9.98. The number of nitrogens with one attached hydrogen (secondary N) is 2. The van der Waals surface area contributed by atoms with Crippen LogP contribution in [0.2, 0.25) is 5.02 Å². The van der Waals surface area contributed by atoms with E-state index in [0.29, 0.717) is 5.02 Å². The second-order valence-corrected chi connectivity index (χ2v) is 4.19. The molecule has 6 nitrogen and oxygen atoms in total. The van der Waals surface area contributed by atoms with E-state index in [2.05, 4.69) is 10.6 Å². The number of carbonyl (C=O) groups excluding carboxylic acids is 2. The quantitative estimate of drug-likeness (QED) is 0.695. The normalized spacial score (nSPS) is 9.74. The van der Waals surface area contributed by atoms with Crippen molar-refractivity contribution in [2.75, 3.05) is 13.1 Å². The van der Waals surface area contributed by atoms with E-state index in [0.717, 1.165) is 5.56 Å². The van der Waals surface area contributed by atoms with E-state index in [1.54, 1.807) is 24.3 Å². The van der Waals surface area contributed by atoms with Gasteiger partial charge in [-0.2, -0.15) is 0 Å². The van der Waals surface area contributed by atoms with E-state index in [1.807, 2.05) is 0 Å². The molecule has 0 aliphatic carbocycles. The van der Waals surface area contributed by atoms with Crippen molar-refractivity contribution in [3.63, 3.8) is 0 Å². The van der Waals surface area contributed by atoms with Gasteiger partial charge in [0, 0.05) is 5.02 Å². The lowest BCUT2D eigenvalue weighted by Gasteiger charge is -2.05. The van der Waals surface area contributed by atoms with Crippen LogP contribution < -0.4 is 10.6 Å². The van der Waals surface area contributed by atoms with Crippen LogP contribution in [0.1, 0.15) is 5.56 Å². The Balaban J connectivity index is 2.29. The number of hydrogen-bond acceptors (Lipinski definition) is 3.